The third-order valence-electron chi connectivity index (χ3n) is 3.59. The predicted octanol–water partition coefficient (Wildman–Crippen LogP) is 3.80. The second-order valence-corrected chi connectivity index (χ2v) is 6.29. The highest BCUT2D eigenvalue weighted by molar-refractivity contribution is 7.13. The maximum atomic E-state index is 12.2. The first-order chi connectivity index (χ1) is 11.8. The van der Waals surface area contributed by atoms with Gasteiger partial charge < -0.3 is 5.32 Å². The van der Waals surface area contributed by atoms with Gasteiger partial charge in [-0.25, -0.2) is 0 Å². The van der Waals surface area contributed by atoms with Crippen LogP contribution in [0.1, 0.15) is 0 Å². The van der Waals surface area contributed by atoms with Gasteiger partial charge >= 0.3 is 0 Å². The Bertz CT molecular complexity index is 991. The minimum Gasteiger partial charge on any atom is -0.323 e. The molecular weight excluding hydrogens is 320 g/mol. The van der Waals surface area contributed by atoms with Gasteiger partial charge in [-0.05, 0) is 29.6 Å². The average molecular weight is 334 g/mol. The number of thiophene rings is 1. The summed E-state index contributed by atoms with van der Waals surface area (Å²) in [4.78, 5) is 17.7. The molecule has 3 aromatic heterocycles. The summed E-state index contributed by atoms with van der Waals surface area (Å²) in [5.41, 5.74) is 2.47. The van der Waals surface area contributed by atoms with Crippen LogP contribution >= 0.6 is 11.3 Å². The minimum absolute atomic E-state index is 0.132. The number of amides is 1. The summed E-state index contributed by atoms with van der Waals surface area (Å²) < 4.78 is 1.64. The van der Waals surface area contributed by atoms with E-state index in [1.54, 1.807) is 22.2 Å². The third kappa shape index (κ3) is 3.04. The molecule has 1 N–H and O–H groups in total. The van der Waals surface area contributed by atoms with E-state index in [9.17, 15) is 4.79 Å². The molecule has 0 atom stereocenters. The lowest BCUT2D eigenvalue weighted by molar-refractivity contribution is -0.116. The summed E-state index contributed by atoms with van der Waals surface area (Å²) in [6, 6.07) is 15.6. The van der Waals surface area contributed by atoms with Crippen LogP contribution in [-0.2, 0) is 11.3 Å². The minimum atomic E-state index is -0.132. The molecule has 5 nitrogen and oxygen atoms in total. The first-order valence-electron chi connectivity index (χ1n) is 7.50. The third-order valence-corrected chi connectivity index (χ3v) is 4.49. The number of nitrogens with zero attached hydrogens (tertiary/aromatic N) is 3. The van der Waals surface area contributed by atoms with Gasteiger partial charge in [0, 0.05) is 11.6 Å². The van der Waals surface area contributed by atoms with E-state index < -0.39 is 0 Å². The van der Waals surface area contributed by atoms with Crippen molar-refractivity contribution in [3.8, 4) is 10.6 Å². The molecule has 118 valence electrons. The van der Waals surface area contributed by atoms with Crippen molar-refractivity contribution in [2.45, 2.75) is 6.54 Å². The molecule has 0 aliphatic carbocycles. The Balaban J connectivity index is 1.46. The van der Waals surface area contributed by atoms with E-state index in [1.165, 1.54) is 0 Å². The van der Waals surface area contributed by atoms with Gasteiger partial charge in [0.05, 0.1) is 22.3 Å². The molecule has 0 aliphatic heterocycles. The highest BCUT2D eigenvalue weighted by Crippen LogP contribution is 2.22. The number of para-hydroxylation sites is 1. The molecule has 4 rings (SSSR count). The van der Waals surface area contributed by atoms with E-state index in [0.717, 1.165) is 21.5 Å². The van der Waals surface area contributed by atoms with Crippen molar-refractivity contribution >= 4 is 33.8 Å². The molecule has 0 aliphatic rings. The van der Waals surface area contributed by atoms with Crippen LogP contribution in [-0.4, -0.2) is 20.7 Å². The fourth-order valence-electron chi connectivity index (χ4n) is 2.49. The number of carbonyl (C=O) groups excluding carboxylic acids is 1. The lowest BCUT2D eigenvalue weighted by atomic mass is 10.2. The number of fused-ring (bicyclic) bond motifs is 1. The van der Waals surface area contributed by atoms with Crippen molar-refractivity contribution < 1.29 is 4.79 Å². The molecule has 0 fully saturated rings. The van der Waals surface area contributed by atoms with Crippen molar-refractivity contribution in [2.24, 2.45) is 0 Å². The molecule has 0 unspecified atom stereocenters. The Morgan fingerprint density at radius 2 is 2.08 bits per heavy atom. The Morgan fingerprint density at radius 1 is 1.17 bits per heavy atom. The number of carbonyl (C=O) groups is 1. The van der Waals surface area contributed by atoms with Crippen LogP contribution in [0, 0.1) is 0 Å². The van der Waals surface area contributed by atoms with Gasteiger partial charge in [-0.15, -0.1) is 11.3 Å². The standard InChI is InChI=1S/C18H14N4OS/c23-18(12-22-8-7-16(21-22)17-6-3-9-24-17)20-14-10-13-4-1-2-5-15(13)19-11-14/h1-11H,12H2,(H,20,23). The number of pyridine rings is 1. The van der Waals surface area contributed by atoms with Gasteiger partial charge in [0.1, 0.15) is 12.2 Å². The second kappa shape index (κ2) is 6.25. The average Bonchev–Trinajstić information content (AvgIpc) is 3.26. The summed E-state index contributed by atoms with van der Waals surface area (Å²) in [6.07, 6.45) is 3.48. The molecule has 3 heterocycles. The maximum absolute atomic E-state index is 12.2. The summed E-state index contributed by atoms with van der Waals surface area (Å²) in [5, 5.41) is 10.3. The Morgan fingerprint density at radius 3 is 2.96 bits per heavy atom. The van der Waals surface area contributed by atoms with Gasteiger partial charge in [0.25, 0.3) is 0 Å². The number of hydrogen-bond acceptors (Lipinski definition) is 4. The molecule has 0 radical (unpaired) electrons. The van der Waals surface area contributed by atoms with Crippen molar-refractivity contribution in [1.29, 1.82) is 0 Å². The normalized spacial score (nSPS) is 10.8. The van der Waals surface area contributed by atoms with Gasteiger partial charge in [0.2, 0.25) is 5.91 Å². The number of anilines is 1. The first-order valence-corrected chi connectivity index (χ1v) is 8.38. The Kier molecular flexibility index (Phi) is 3.80. The smallest absolute Gasteiger partial charge is 0.246 e. The van der Waals surface area contributed by atoms with Crippen LogP contribution in [0.2, 0.25) is 0 Å². The SMILES string of the molecule is O=C(Cn1ccc(-c2cccs2)n1)Nc1cnc2ccccc2c1. The quantitative estimate of drug-likeness (QED) is 0.617. The molecule has 0 saturated heterocycles. The van der Waals surface area contributed by atoms with Gasteiger partial charge in [-0.1, -0.05) is 24.3 Å². The highest BCUT2D eigenvalue weighted by atomic mass is 32.1. The summed E-state index contributed by atoms with van der Waals surface area (Å²) in [6.45, 7) is 0.165. The van der Waals surface area contributed by atoms with Crippen molar-refractivity contribution in [3.05, 3.63) is 66.3 Å². The Hall–Kier alpha value is -2.99. The van der Waals surface area contributed by atoms with Crippen LogP contribution in [0.15, 0.2) is 66.3 Å². The van der Waals surface area contributed by atoms with Crippen LogP contribution in [0.5, 0.6) is 0 Å². The topological polar surface area (TPSA) is 59.8 Å². The molecule has 4 aromatic rings. The predicted molar refractivity (Wildman–Crippen MR) is 95.9 cm³/mol. The molecule has 1 amide bonds. The number of benzene rings is 1. The number of aromatic nitrogens is 3. The molecule has 0 bridgehead atoms. The van der Waals surface area contributed by atoms with E-state index in [-0.39, 0.29) is 12.5 Å². The van der Waals surface area contributed by atoms with E-state index >= 15 is 0 Å². The largest absolute Gasteiger partial charge is 0.323 e. The zero-order chi connectivity index (χ0) is 16.4. The van der Waals surface area contributed by atoms with Crippen LogP contribution in [0.25, 0.3) is 21.5 Å². The fraction of sp³-hybridized carbons (Fsp3) is 0.0556. The van der Waals surface area contributed by atoms with Crippen molar-refractivity contribution in [3.63, 3.8) is 0 Å². The summed E-state index contributed by atoms with van der Waals surface area (Å²) in [5.74, 6) is -0.132. The van der Waals surface area contributed by atoms with Crippen molar-refractivity contribution in [2.75, 3.05) is 5.32 Å². The summed E-state index contributed by atoms with van der Waals surface area (Å²) >= 11 is 1.63. The van der Waals surface area contributed by atoms with Gasteiger partial charge in [0.15, 0.2) is 0 Å². The van der Waals surface area contributed by atoms with Crippen LogP contribution < -0.4 is 5.32 Å². The highest BCUT2D eigenvalue weighted by Gasteiger charge is 2.08. The lowest BCUT2D eigenvalue weighted by Gasteiger charge is -2.06. The fourth-order valence-corrected chi connectivity index (χ4v) is 3.18. The molecule has 24 heavy (non-hydrogen) atoms. The molecular formula is C18H14N4OS. The van der Waals surface area contributed by atoms with Crippen LogP contribution in [0.4, 0.5) is 5.69 Å². The monoisotopic (exact) mass is 334 g/mol. The maximum Gasteiger partial charge on any atom is 0.246 e. The lowest BCUT2D eigenvalue weighted by Crippen LogP contribution is -2.19. The number of nitrogens with one attached hydrogen (secondary N) is 1. The zero-order valence-electron chi connectivity index (χ0n) is 12.7. The molecule has 6 heteroatoms. The zero-order valence-corrected chi connectivity index (χ0v) is 13.5. The van der Waals surface area contributed by atoms with E-state index in [4.69, 9.17) is 0 Å². The van der Waals surface area contributed by atoms with E-state index in [2.05, 4.69) is 15.4 Å². The van der Waals surface area contributed by atoms with Crippen LogP contribution in [0.3, 0.4) is 0 Å². The molecule has 1 aromatic carbocycles. The van der Waals surface area contributed by atoms with Gasteiger partial charge in [-0.2, -0.15) is 5.10 Å². The van der Waals surface area contributed by atoms with Crippen molar-refractivity contribution in [1.82, 2.24) is 14.8 Å². The number of rotatable bonds is 4. The Labute approximate surface area is 142 Å². The van der Waals surface area contributed by atoms with E-state index in [1.807, 2.05) is 60.1 Å². The molecule has 0 saturated carbocycles. The summed E-state index contributed by atoms with van der Waals surface area (Å²) in [7, 11) is 0. The second-order valence-electron chi connectivity index (χ2n) is 5.34. The first kappa shape index (κ1) is 14.6. The van der Waals surface area contributed by atoms with E-state index in [0.29, 0.717) is 5.69 Å². The molecule has 0 spiro atoms. The van der Waals surface area contributed by atoms with Gasteiger partial charge in [-0.3, -0.25) is 14.5 Å². The number of hydrogen-bond donors (Lipinski definition) is 1.